The van der Waals surface area contributed by atoms with Crippen molar-refractivity contribution in [1.82, 2.24) is 19.3 Å². The number of anilines is 3. The fourth-order valence-corrected chi connectivity index (χ4v) is 4.14. The highest BCUT2D eigenvalue weighted by Crippen LogP contribution is 2.25. The van der Waals surface area contributed by atoms with Gasteiger partial charge < -0.3 is 10.6 Å². The molecule has 178 valence electrons. The summed E-state index contributed by atoms with van der Waals surface area (Å²) in [5, 5.41) is 6.05. The molecule has 2 aromatic carbocycles. The second kappa shape index (κ2) is 10.00. The van der Waals surface area contributed by atoms with Gasteiger partial charge in [-0.15, -0.1) is 0 Å². The van der Waals surface area contributed by atoms with Crippen molar-refractivity contribution < 1.29 is 13.2 Å². The number of aromatic nitrogens is 3. The zero-order chi connectivity index (χ0) is 25.0. The van der Waals surface area contributed by atoms with Crippen molar-refractivity contribution >= 4 is 33.3 Å². The number of sulfonamides is 1. The van der Waals surface area contributed by atoms with E-state index in [1.165, 1.54) is 38.4 Å². The lowest BCUT2D eigenvalue weighted by Crippen LogP contribution is -2.22. The van der Waals surface area contributed by atoms with Crippen LogP contribution in [0, 0.1) is 6.92 Å². The largest absolute Gasteiger partial charge is 0.324 e. The van der Waals surface area contributed by atoms with Crippen LogP contribution in [0.15, 0.2) is 84.1 Å². The van der Waals surface area contributed by atoms with E-state index < -0.39 is 10.0 Å². The summed E-state index contributed by atoms with van der Waals surface area (Å²) < 4.78 is 25.6. The molecule has 4 rings (SSSR count). The summed E-state index contributed by atoms with van der Waals surface area (Å²) in [5.74, 6) is 0.0547. The number of amides is 1. The van der Waals surface area contributed by atoms with Gasteiger partial charge in [0.25, 0.3) is 5.91 Å². The molecule has 0 saturated heterocycles. The van der Waals surface area contributed by atoms with Crippen LogP contribution in [0.1, 0.15) is 15.9 Å². The normalized spacial score (nSPS) is 11.3. The number of hydrogen-bond acceptors (Lipinski definition) is 7. The maximum absolute atomic E-state index is 12.7. The van der Waals surface area contributed by atoms with Crippen molar-refractivity contribution in [1.29, 1.82) is 0 Å². The highest BCUT2D eigenvalue weighted by molar-refractivity contribution is 7.89. The standard InChI is InChI=1S/C25H24N6O3S/c1-17-6-9-20(28-24(32)18-7-10-21(11-8-18)35(33,34)31(2)3)15-23(17)30-25-27-14-12-22(29-25)19-5-4-13-26-16-19/h4-16H,1-3H3,(H,28,32)(H,27,29,30). The van der Waals surface area contributed by atoms with Gasteiger partial charge in [-0.05, 0) is 67.1 Å². The maximum Gasteiger partial charge on any atom is 0.255 e. The van der Waals surface area contributed by atoms with E-state index in [0.717, 1.165) is 26.8 Å². The zero-order valence-corrected chi connectivity index (χ0v) is 20.2. The van der Waals surface area contributed by atoms with Gasteiger partial charge in [0.1, 0.15) is 0 Å². The SMILES string of the molecule is Cc1ccc(NC(=O)c2ccc(S(=O)(=O)N(C)C)cc2)cc1Nc1nccc(-c2cccnc2)n1. The fourth-order valence-electron chi connectivity index (χ4n) is 3.24. The second-order valence-electron chi connectivity index (χ2n) is 7.93. The number of rotatable bonds is 7. The summed E-state index contributed by atoms with van der Waals surface area (Å²) in [6.45, 7) is 1.93. The van der Waals surface area contributed by atoms with E-state index in [1.807, 2.05) is 25.1 Å². The number of aryl methyl sites for hydroxylation is 1. The Bertz CT molecular complexity index is 1460. The van der Waals surface area contributed by atoms with Gasteiger partial charge in [0.15, 0.2) is 0 Å². The molecule has 0 radical (unpaired) electrons. The van der Waals surface area contributed by atoms with Crippen molar-refractivity contribution in [3.8, 4) is 11.3 Å². The van der Waals surface area contributed by atoms with Crippen molar-refractivity contribution in [2.45, 2.75) is 11.8 Å². The smallest absolute Gasteiger partial charge is 0.255 e. The van der Waals surface area contributed by atoms with Crippen molar-refractivity contribution in [2.75, 3.05) is 24.7 Å². The molecule has 2 N–H and O–H groups in total. The third kappa shape index (κ3) is 5.51. The topological polar surface area (TPSA) is 117 Å². The van der Waals surface area contributed by atoms with Gasteiger partial charge >= 0.3 is 0 Å². The summed E-state index contributed by atoms with van der Waals surface area (Å²) >= 11 is 0. The van der Waals surface area contributed by atoms with Crippen LogP contribution in [0.4, 0.5) is 17.3 Å². The molecule has 2 aromatic heterocycles. The second-order valence-corrected chi connectivity index (χ2v) is 10.1. The van der Waals surface area contributed by atoms with Gasteiger partial charge in [-0.25, -0.2) is 22.7 Å². The average Bonchev–Trinajstić information content (AvgIpc) is 2.86. The first-order valence-corrected chi connectivity index (χ1v) is 12.1. The van der Waals surface area contributed by atoms with Gasteiger partial charge in [0.2, 0.25) is 16.0 Å². The summed E-state index contributed by atoms with van der Waals surface area (Å²) in [5.41, 5.74) is 4.19. The van der Waals surface area contributed by atoms with Gasteiger partial charge in [-0.3, -0.25) is 9.78 Å². The van der Waals surface area contributed by atoms with Crippen LogP contribution < -0.4 is 10.6 Å². The quantitative estimate of drug-likeness (QED) is 0.402. The van der Waals surface area contributed by atoms with Gasteiger partial charge in [0, 0.05) is 55.2 Å². The lowest BCUT2D eigenvalue weighted by atomic mass is 10.1. The van der Waals surface area contributed by atoms with E-state index in [-0.39, 0.29) is 10.8 Å². The Morgan fingerprint density at radius 3 is 2.43 bits per heavy atom. The van der Waals surface area contributed by atoms with E-state index in [4.69, 9.17) is 0 Å². The van der Waals surface area contributed by atoms with Crippen LogP contribution >= 0.6 is 0 Å². The van der Waals surface area contributed by atoms with E-state index in [0.29, 0.717) is 17.2 Å². The van der Waals surface area contributed by atoms with Gasteiger partial charge in [-0.1, -0.05) is 6.07 Å². The Morgan fingerprint density at radius 1 is 0.971 bits per heavy atom. The molecule has 0 bridgehead atoms. The maximum atomic E-state index is 12.7. The monoisotopic (exact) mass is 488 g/mol. The number of carbonyl (C=O) groups is 1. The lowest BCUT2D eigenvalue weighted by molar-refractivity contribution is 0.102. The predicted octanol–water partition coefficient (Wildman–Crippen LogP) is 4.09. The fraction of sp³-hybridized carbons (Fsp3) is 0.120. The first kappa shape index (κ1) is 24.0. The Kier molecular flexibility index (Phi) is 6.85. The molecule has 0 atom stereocenters. The number of hydrogen-bond donors (Lipinski definition) is 2. The van der Waals surface area contributed by atoms with E-state index in [1.54, 1.807) is 36.8 Å². The molecule has 0 saturated carbocycles. The minimum atomic E-state index is -3.56. The highest BCUT2D eigenvalue weighted by atomic mass is 32.2. The molecule has 0 fully saturated rings. The third-order valence-electron chi connectivity index (χ3n) is 5.25. The molecule has 4 aromatic rings. The van der Waals surface area contributed by atoms with E-state index >= 15 is 0 Å². The molecule has 0 aliphatic rings. The van der Waals surface area contributed by atoms with Crippen molar-refractivity contribution in [3.63, 3.8) is 0 Å². The molecule has 0 spiro atoms. The predicted molar refractivity (Wildman–Crippen MR) is 135 cm³/mol. The Morgan fingerprint density at radius 2 is 1.74 bits per heavy atom. The summed E-state index contributed by atoms with van der Waals surface area (Å²) in [6, 6.07) is 16.8. The zero-order valence-electron chi connectivity index (χ0n) is 19.4. The molecule has 9 nitrogen and oxygen atoms in total. The lowest BCUT2D eigenvalue weighted by Gasteiger charge is -2.13. The molecule has 10 heteroatoms. The summed E-state index contributed by atoms with van der Waals surface area (Å²) in [6.07, 6.45) is 5.10. The molecule has 1 amide bonds. The van der Waals surface area contributed by atoms with Crippen LogP contribution in [0.3, 0.4) is 0 Å². The molecule has 0 aliphatic carbocycles. The molecule has 0 aliphatic heterocycles. The number of carbonyl (C=O) groups excluding carboxylic acids is 1. The van der Waals surface area contributed by atoms with Crippen LogP contribution in [-0.4, -0.2) is 47.7 Å². The molecule has 2 heterocycles. The first-order valence-electron chi connectivity index (χ1n) is 10.7. The Labute approximate surface area is 204 Å². The van der Waals surface area contributed by atoms with E-state index in [2.05, 4.69) is 25.6 Å². The van der Waals surface area contributed by atoms with Gasteiger partial charge in [0.05, 0.1) is 10.6 Å². The van der Waals surface area contributed by atoms with E-state index in [9.17, 15) is 13.2 Å². The third-order valence-corrected chi connectivity index (χ3v) is 7.08. The molecule has 35 heavy (non-hydrogen) atoms. The minimum absolute atomic E-state index is 0.120. The number of nitrogens with zero attached hydrogens (tertiary/aromatic N) is 4. The Hall–Kier alpha value is -4.15. The Balaban J connectivity index is 1.51. The summed E-state index contributed by atoms with van der Waals surface area (Å²) in [7, 11) is -0.646. The number of nitrogens with one attached hydrogen (secondary N) is 2. The summed E-state index contributed by atoms with van der Waals surface area (Å²) in [4.78, 5) is 25.8. The van der Waals surface area contributed by atoms with Crippen LogP contribution in [-0.2, 0) is 10.0 Å². The van der Waals surface area contributed by atoms with Gasteiger partial charge in [-0.2, -0.15) is 0 Å². The van der Waals surface area contributed by atoms with Crippen LogP contribution in [0.25, 0.3) is 11.3 Å². The molecular weight excluding hydrogens is 464 g/mol. The molecule has 0 unspecified atom stereocenters. The number of benzene rings is 2. The number of pyridine rings is 1. The minimum Gasteiger partial charge on any atom is -0.324 e. The molecular formula is C25H24N6O3S. The van der Waals surface area contributed by atoms with Crippen LogP contribution in [0.2, 0.25) is 0 Å². The highest BCUT2D eigenvalue weighted by Gasteiger charge is 2.17. The van der Waals surface area contributed by atoms with Crippen molar-refractivity contribution in [2.24, 2.45) is 0 Å². The average molecular weight is 489 g/mol. The van der Waals surface area contributed by atoms with Crippen molar-refractivity contribution in [3.05, 3.63) is 90.4 Å². The van der Waals surface area contributed by atoms with Crippen LogP contribution in [0.5, 0.6) is 0 Å². The first-order chi connectivity index (χ1) is 16.7.